The average Bonchev–Trinajstić information content (AvgIpc) is 4.13. The number of carbonyl (C=O) groups is 5. The zero-order valence-corrected chi connectivity index (χ0v) is 46.2. The summed E-state index contributed by atoms with van der Waals surface area (Å²) in [6, 6.07) is 14.1. The van der Waals surface area contributed by atoms with Crippen molar-refractivity contribution in [3.8, 4) is 17.0 Å². The molecule has 2 unspecified atom stereocenters. The molecule has 23 heteroatoms. The van der Waals surface area contributed by atoms with Crippen LogP contribution >= 0.6 is 7.82 Å². The van der Waals surface area contributed by atoms with Gasteiger partial charge in [-0.05, 0) is 125 Å². The van der Waals surface area contributed by atoms with Crippen molar-refractivity contribution in [1.29, 1.82) is 0 Å². The number of methoxy groups -OCH3 is 1. The summed E-state index contributed by atoms with van der Waals surface area (Å²) in [4.78, 5) is 111. The molecule has 6 aliphatic rings. The first-order valence-corrected chi connectivity index (χ1v) is 28.5. The van der Waals surface area contributed by atoms with Gasteiger partial charge in [-0.1, -0.05) is 13.8 Å². The number of piperidine rings is 2. The van der Waals surface area contributed by atoms with Gasteiger partial charge in [0.25, 0.3) is 23.6 Å². The number of pyridine rings is 3. The van der Waals surface area contributed by atoms with Crippen molar-refractivity contribution < 1.29 is 52.7 Å². The molecule has 79 heavy (non-hydrogen) atoms. The zero-order valence-electron chi connectivity index (χ0n) is 45.3. The Balaban J connectivity index is 0.718. The lowest BCUT2D eigenvalue weighted by Gasteiger charge is -2.48. The molecule has 4 N–H and O–H groups in total. The zero-order chi connectivity index (χ0) is 56.0. The monoisotopic (exact) mass is 1100 g/mol. The maximum Gasteiger partial charge on any atom is 0.471 e. The molecule has 1 aliphatic carbocycles. The number of hydrogen-bond acceptors (Lipinski definition) is 16. The number of carbonyl (C=O) groups excluding carboxylic acids is 5. The number of benzene rings is 1. The van der Waals surface area contributed by atoms with Crippen LogP contribution < -0.4 is 24.8 Å². The molecule has 9 heterocycles. The minimum absolute atomic E-state index is 0.0953. The summed E-state index contributed by atoms with van der Waals surface area (Å²) in [5.41, 5.74) is 7.85. The van der Waals surface area contributed by atoms with Gasteiger partial charge in [-0.15, -0.1) is 0 Å². The van der Waals surface area contributed by atoms with Gasteiger partial charge in [0.1, 0.15) is 35.3 Å². The second-order valence-electron chi connectivity index (χ2n) is 22.5. The highest BCUT2D eigenvalue weighted by molar-refractivity contribution is 7.46. The molecule has 0 bridgehead atoms. The van der Waals surface area contributed by atoms with Gasteiger partial charge in [0, 0.05) is 98.7 Å². The van der Waals surface area contributed by atoms with Gasteiger partial charge in [-0.3, -0.25) is 48.1 Å². The third-order valence-electron chi connectivity index (χ3n) is 16.6. The highest BCUT2D eigenvalue weighted by Gasteiger charge is 2.49. The Kier molecular flexibility index (Phi) is 14.0. The number of aliphatic hydroxyl groups is 1. The molecule has 0 radical (unpaired) electrons. The number of aromatic nitrogens is 4. The summed E-state index contributed by atoms with van der Waals surface area (Å²) in [6.45, 7) is 16.0. The smallest absolute Gasteiger partial charge is 0.471 e. The first-order valence-electron chi connectivity index (χ1n) is 27.0. The van der Waals surface area contributed by atoms with E-state index in [1.165, 1.54) is 11.3 Å². The summed E-state index contributed by atoms with van der Waals surface area (Å²) in [7, 11) is -3.51. The number of nitrogens with zero attached hydrogens (tertiary/aromatic N) is 10. The van der Waals surface area contributed by atoms with Crippen LogP contribution in [0.4, 0.5) is 28.7 Å². The molecule has 5 amide bonds. The predicted octanol–water partition coefficient (Wildman–Crippen LogP) is 6.07. The van der Waals surface area contributed by atoms with Crippen molar-refractivity contribution in [1.82, 2.24) is 34.2 Å². The summed E-state index contributed by atoms with van der Waals surface area (Å²) >= 11 is 0. The number of piperazine rings is 1. The molecule has 11 rings (SSSR count). The van der Waals surface area contributed by atoms with Crippen LogP contribution in [-0.4, -0.2) is 149 Å². The number of amides is 5. The number of phosphoric acid groups is 1. The molecule has 5 aromatic rings. The van der Waals surface area contributed by atoms with Crippen molar-refractivity contribution in [3.63, 3.8) is 0 Å². The summed E-state index contributed by atoms with van der Waals surface area (Å²) in [5.74, 6) is -1.78. The third kappa shape index (κ3) is 9.96. The van der Waals surface area contributed by atoms with E-state index >= 15 is 0 Å². The number of rotatable bonds is 13. The Morgan fingerprint density at radius 1 is 0.797 bits per heavy atom. The van der Waals surface area contributed by atoms with Crippen LogP contribution in [-0.2, 0) is 38.1 Å². The van der Waals surface area contributed by atoms with Gasteiger partial charge in [0.2, 0.25) is 11.8 Å². The maximum absolute atomic E-state index is 14.1. The van der Waals surface area contributed by atoms with E-state index in [2.05, 4.69) is 72.8 Å². The number of phosphoric ester groups is 1. The summed E-state index contributed by atoms with van der Waals surface area (Å²) < 4.78 is 24.0. The van der Waals surface area contributed by atoms with Gasteiger partial charge in [-0.2, -0.15) is 0 Å². The van der Waals surface area contributed by atoms with Crippen LogP contribution in [0.15, 0.2) is 67.1 Å². The summed E-state index contributed by atoms with van der Waals surface area (Å²) in [5, 5.41) is 14.7. The molecule has 0 spiro atoms. The lowest BCUT2D eigenvalue weighted by atomic mass is 9.90. The van der Waals surface area contributed by atoms with E-state index in [0.717, 1.165) is 68.5 Å². The van der Waals surface area contributed by atoms with Gasteiger partial charge in [0.15, 0.2) is 0 Å². The predicted molar refractivity (Wildman–Crippen MR) is 292 cm³/mol. The Morgan fingerprint density at radius 2 is 1.56 bits per heavy atom. The average molecular weight is 1100 g/mol. The van der Waals surface area contributed by atoms with Gasteiger partial charge in [-0.25, -0.2) is 19.5 Å². The van der Waals surface area contributed by atoms with E-state index in [1.54, 1.807) is 43.5 Å². The van der Waals surface area contributed by atoms with Crippen molar-refractivity contribution in [3.05, 3.63) is 101 Å². The normalized spacial score (nSPS) is 23.3. The molecule has 4 aromatic heterocycles. The Labute approximate surface area is 457 Å². The second-order valence-corrected chi connectivity index (χ2v) is 23.7. The van der Waals surface area contributed by atoms with Gasteiger partial charge < -0.3 is 39.3 Å². The Morgan fingerprint density at radius 3 is 2.27 bits per heavy atom. The second kappa shape index (κ2) is 20.5. The van der Waals surface area contributed by atoms with Crippen molar-refractivity contribution >= 4 is 66.1 Å². The van der Waals surface area contributed by atoms with E-state index < -0.39 is 49.8 Å². The van der Waals surface area contributed by atoms with Crippen LogP contribution in [0.2, 0.25) is 0 Å². The number of hydrogen-bond donors (Lipinski definition) is 4. The molecule has 1 aromatic carbocycles. The minimum atomic E-state index is -5.07. The molecule has 5 aliphatic heterocycles. The van der Waals surface area contributed by atoms with Crippen LogP contribution in [0.3, 0.4) is 0 Å². The largest absolute Gasteiger partial charge is 0.480 e. The van der Waals surface area contributed by atoms with E-state index in [1.807, 2.05) is 36.5 Å². The fourth-order valence-corrected chi connectivity index (χ4v) is 13.5. The lowest BCUT2D eigenvalue weighted by Crippen LogP contribution is -2.58. The molecule has 0 saturated carbocycles. The van der Waals surface area contributed by atoms with Crippen molar-refractivity contribution in [2.75, 3.05) is 59.9 Å². The van der Waals surface area contributed by atoms with E-state index in [9.17, 15) is 43.4 Å². The molecule has 3 fully saturated rings. The number of nitrogens with one attached hydrogen (secondary N) is 1. The number of fused-ring (bicyclic) bond motifs is 4. The maximum atomic E-state index is 14.1. The fourth-order valence-electron chi connectivity index (χ4n) is 13.0. The standard InChI is InChI=1S/C56H66N11O11P/c1-31-22-37(15-17-62(31)38-8-10-41-42(25-38)53(71)67(52(41)70)44-11-13-48(69)66(55(44)73)34(4)78-79(74,75)76)61-18-19-63(32(2)30-61)39-9-12-47(58-29-39)60-43-23-36(28-59-51(43)77-7)40-14-16-57-50(49(40)33(3)68)65-21-20-64-45(54(65)72)24-35-26-56(5,6)27-46(35)64/h8-10,12,14,16,23-25,28-29,31-34,37,44,68H,11,13,15,17-22,26-27,30H2,1-7H3,(H,58,60)(H2,74,75,76)/t31-,32-,33+,34?,37?,44-/m0/s1. The molecule has 3 saturated heterocycles. The van der Waals surface area contributed by atoms with Crippen LogP contribution in [0, 0.1) is 5.41 Å². The highest BCUT2D eigenvalue weighted by Crippen LogP contribution is 2.43. The lowest BCUT2D eigenvalue weighted by molar-refractivity contribution is -0.161. The first-order chi connectivity index (χ1) is 37.6. The van der Waals surface area contributed by atoms with Gasteiger partial charge >= 0.3 is 7.82 Å². The molecule has 416 valence electrons. The summed E-state index contributed by atoms with van der Waals surface area (Å²) in [6.07, 6.45) is 5.91. The number of likely N-dealkylation sites (tertiary alicyclic amines) is 1. The van der Waals surface area contributed by atoms with E-state index in [-0.39, 0.29) is 47.4 Å². The first kappa shape index (κ1) is 53.9. The number of anilines is 5. The van der Waals surface area contributed by atoms with Crippen LogP contribution in [0.5, 0.6) is 5.88 Å². The Bertz CT molecular complexity index is 3340. The quantitative estimate of drug-likeness (QED) is 0.0771. The molecule has 22 nitrogen and oxygen atoms in total. The van der Waals surface area contributed by atoms with E-state index in [0.29, 0.717) is 76.2 Å². The molecular weight excluding hydrogens is 1030 g/mol. The fraction of sp³-hybridized carbons (Fsp3) is 0.464. The van der Waals surface area contributed by atoms with Crippen LogP contribution in [0.25, 0.3) is 11.1 Å². The van der Waals surface area contributed by atoms with Crippen molar-refractivity contribution in [2.45, 2.75) is 123 Å². The topological polar surface area (TPSA) is 257 Å². The SMILES string of the molecule is COc1ncc(-c2ccnc(N3CCn4c(cc5c4CC(C)(C)C5)C3=O)c2[C@@H](C)O)cc1Nc1ccc(N2CCN(C3CCN(c4ccc5c(c4)C(=O)N([C@H]4CCC(=O)N(C(C)OP(=O)(O)O)C4=O)C5=O)[C@@H](C)C3)C[C@@H]2C)cn1. The number of imide groups is 2. The van der Waals surface area contributed by atoms with Gasteiger partial charge in [0.05, 0.1) is 36.2 Å². The highest BCUT2D eigenvalue weighted by atomic mass is 31.2. The minimum Gasteiger partial charge on any atom is -0.480 e. The van der Waals surface area contributed by atoms with Crippen LogP contribution in [0.1, 0.15) is 121 Å². The third-order valence-corrected chi connectivity index (χ3v) is 17.2. The Hall–Kier alpha value is -7.07. The van der Waals surface area contributed by atoms with E-state index in [4.69, 9.17) is 9.72 Å². The molecular formula is C56H66N11O11P. The molecule has 6 atom stereocenters. The van der Waals surface area contributed by atoms with Crippen molar-refractivity contribution in [2.24, 2.45) is 5.41 Å². The number of ether oxygens (including phenoxy) is 1. The number of aliphatic hydroxyl groups excluding tert-OH is 1.